The van der Waals surface area contributed by atoms with E-state index in [1.807, 2.05) is 53.7 Å². The number of carbonyl (C=O) groups is 1. The molecule has 0 saturated heterocycles. The molecule has 28 heavy (non-hydrogen) atoms. The van der Waals surface area contributed by atoms with Crippen LogP contribution >= 0.6 is 22.6 Å². The molecule has 0 fully saturated rings. The van der Waals surface area contributed by atoms with Gasteiger partial charge in [0.15, 0.2) is 5.76 Å². The van der Waals surface area contributed by atoms with Crippen molar-refractivity contribution in [1.82, 2.24) is 4.72 Å². The number of hydrogen-bond donors (Lipinski definition) is 1. The van der Waals surface area contributed by atoms with Gasteiger partial charge in [-0.1, -0.05) is 0 Å². The average molecular weight is 514 g/mol. The van der Waals surface area contributed by atoms with Crippen molar-refractivity contribution in [2.75, 3.05) is 25.6 Å². The van der Waals surface area contributed by atoms with E-state index in [1.54, 1.807) is 25.1 Å². The van der Waals surface area contributed by atoms with Gasteiger partial charge in [-0.25, -0.2) is 13.1 Å². The summed E-state index contributed by atoms with van der Waals surface area (Å²) < 4.78 is 39.2. The zero-order valence-corrected chi connectivity index (χ0v) is 18.5. The molecule has 0 spiro atoms. The van der Waals surface area contributed by atoms with Crippen LogP contribution in [0.3, 0.4) is 0 Å². The number of nitrogens with one attached hydrogen (secondary N) is 1. The van der Waals surface area contributed by atoms with Crippen molar-refractivity contribution in [1.29, 1.82) is 0 Å². The third-order valence-electron chi connectivity index (χ3n) is 3.97. The minimum Gasteiger partial charge on any atom is -0.492 e. The van der Waals surface area contributed by atoms with E-state index in [0.29, 0.717) is 21.1 Å². The van der Waals surface area contributed by atoms with Crippen LogP contribution in [0, 0.1) is 3.57 Å². The molecule has 0 aliphatic rings. The topological polar surface area (TPSA) is 88.8 Å². The summed E-state index contributed by atoms with van der Waals surface area (Å²) >= 11 is 2.00. The van der Waals surface area contributed by atoms with E-state index < -0.39 is 15.9 Å². The van der Waals surface area contributed by atoms with Gasteiger partial charge in [-0.15, -0.1) is 0 Å². The molecule has 0 unspecified atom stereocenters. The second kappa shape index (κ2) is 8.00. The second-order valence-electron chi connectivity index (χ2n) is 6.19. The lowest BCUT2D eigenvalue weighted by molar-refractivity contribution is 0.0956. The smallest absolute Gasteiger partial charge is 0.300 e. The van der Waals surface area contributed by atoms with Crippen molar-refractivity contribution in [2.24, 2.45) is 0 Å². The van der Waals surface area contributed by atoms with Crippen molar-refractivity contribution < 1.29 is 22.4 Å². The fourth-order valence-electron chi connectivity index (χ4n) is 2.60. The Morgan fingerprint density at radius 2 is 1.93 bits per heavy atom. The highest BCUT2D eigenvalue weighted by Gasteiger charge is 2.25. The number of rotatable bonds is 6. The third kappa shape index (κ3) is 4.25. The van der Waals surface area contributed by atoms with E-state index in [9.17, 15) is 13.2 Å². The summed E-state index contributed by atoms with van der Waals surface area (Å²) in [7, 11) is -0.359. The van der Waals surface area contributed by atoms with E-state index in [0.717, 1.165) is 5.69 Å². The van der Waals surface area contributed by atoms with Crippen LogP contribution in [0.25, 0.3) is 11.0 Å². The number of carbonyl (C=O) groups excluding carboxylic acids is 1. The monoisotopic (exact) mass is 514 g/mol. The molecule has 1 heterocycles. The number of benzene rings is 2. The molecule has 1 amide bonds. The molecule has 3 rings (SSSR count). The number of hydrogen-bond acceptors (Lipinski definition) is 6. The van der Waals surface area contributed by atoms with Gasteiger partial charge in [-0.05, 0) is 65.9 Å². The van der Waals surface area contributed by atoms with Crippen molar-refractivity contribution in [3.63, 3.8) is 0 Å². The lowest BCUT2D eigenvalue weighted by atomic mass is 10.2. The first kappa shape index (κ1) is 20.5. The van der Waals surface area contributed by atoms with Gasteiger partial charge in [0, 0.05) is 34.8 Å². The first-order chi connectivity index (χ1) is 13.2. The van der Waals surface area contributed by atoms with Crippen molar-refractivity contribution >= 4 is 55.2 Å². The fraction of sp³-hybridized carbons (Fsp3) is 0.211. The van der Waals surface area contributed by atoms with Crippen molar-refractivity contribution in [3.8, 4) is 5.75 Å². The Hall–Kier alpha value is -2.27. The summed E-state index contributed by atoms with van der Waals surface area (Å²) in [6, 6.07) is 11.7. The van der Waals surface area contributed by atoms with Crippen LogP contribution in [0.4, 0.5) is 5.69 Å². The Balaban J connectivity index is 1.92. The Labute approximate surface area is 176 Å². The molecule has 0 aliphatic carbocycles. The van der Waals surface area contributed by atoms with Crippen LogP contribution in [-0.2, 0) is 10.0 Å². The number of fused-ring (bicyclic) bond motifs is 1. The Morgan fingerprint density at radius 3 is 2.61 bits per heavy atom. The molecule has 0 bridgehead atoms. The first-order valence-corrected chi connectivity index (χ1v) is 11.0. The summed E-state index contributed by atoms with van der Waals surface area (Å²) in [6.07, 6.45) is 0. The van der Waals surface area contributed by atoms with E-state index >= 15 is 0 Å². The van der Waals surface area contributed by atoms with Crippen LogP contribution in [0.1, 0.15) is 17.5 Å². The Bertz CT molecular complexity index is 1140. The van der Waals surface area contributed by atoms with E-state index in [1.165, 1.54) is 12.1 Å². The molecule has 1 aromatic heterocycles. The van der Waals surface area contributed by atoms with Crippen molar-refractivity contribution in [2.45, 2.75) is 11.8 Å². The predicted octanol–water partition coefficient (Wildman–Crippen LogP) is 3.62. The SMILES string of the molecule is CCOc1ccc(I)cc1S(=O)(=O)NC(=O)c1cc2ccc(N(C)C)cc2o1. The predicted molar refractivity (Wildman–Crippen MR) is 116 cm³/mol. The van der Waals surface area contributed by atoms with Crippen LogP contribution in [0.2, 0.25) is 0 Å². The molecule has 3 aromatic rings. The largest absolute Gasteiger partial charge is 0.492 e. The molecule has 9 heteroatoms. The summed E-state index contributed by atoms with van der Waals surface area (Å²) in [6.45, 7) is 2.05. The maximum absolute atomic E-state index is 12.8. The molecule has 0 aliphatic heterocycles. The number of sulfonamides is 1. The van der Waals surface area contributed by atoms with Gasteiger partial charge >= 0.3 is 5.91 Å². The fourth-order valence-corrected chi connectivity index (χ4v) is 4.43. The summed E-state index contributed by atoms with van der Waals surface area (Å²) in [5, 5.41) is 0.706. The second-order valence-corrected chi connectivity index (χ2v) is 9.08. The zero-order valence-electron chi connectivity index (χ0n) is 15.5. The zero-order chi connectivity index (χ0) is 20.5. The highest BCUT2D eigenvalue weighted by Crippen LogP contribution is 2.27. The number of furan rings is 1. The summed E-state index contributed by atoms with van der Waals surface area (Å²) in [5.41, 5.74) is 1.40. The lowest BCUT2D eigenvalue weighted by Crippen LogP contribution is -2.30. The number of amides is 1. The van der Waals surface area contributed by atoms with E-state index in [-0.39, 0.29) is 16.4 Å². The molecule has 2 aromatic carbocycles. The molecule has 7 nitrogen and oxygen atoms in total. The minimum atomic E-state index is -4.14. The molecular weight excluding hydrogens is 495 g/mol. The number of anilines is 1. The lowest BCUT2D eigenvalue weighted by Gasteiger charge is -2.11. The van der Waals surface area contributed by atoms with Crippen LogP contribution in [0.15, 0.2) is 51.8 Å². The highest BCUT2D eigenvalue weighted by molar-refractivity contribution is 14.1. The molecular formula is C19H19IN2O5S. The van der Waals surface area contributed by atoms with Gasteiger partial charge in [0.2, 0.25) is 0 Å². The third-order valence-corrected chi connectivity index (χ3v) is 5.99. The number of halogens is 1. The molecule has 1 N–H and O–H groups in total. The normalized spacial score (nSPS) is 11.4. The highest BCUT2D eigenvalue weighted by atomic mass is 127. The minimum absolute atomic E-state index is 0.0851. The van der Waals surface area contributed by atoms with Gasteiger partial charge in [0.05, 0.1) is 6.61 Å². The standard InChI is InChI=1S/C19H19IN2O5S/c1-4-26-15-8-6-13(20)10-18(15)28(24,25)21-19(23)17-9-12-5-7-14(22(2)3)11-16(12)27-17/h5-11H,4H2,1-3H3,(H,21,23). The van der Waals surface area contributed by atoms with Crippen LogP contribution in [0.5, 0.6) is 5.75 Å². The Kier molecular flexibility index (Phi) is 5.84. The summed E-state index contributed by atoms with van der Waals surface area (Å²) in [4.78, 5) is 14.3. The van der Waals surface area contributed by atoms with E-state index in [4.69, 9.17) is 9.15 Å². The quantitative estimate of drug-likeness (QED) is 0.506. The van der Waals surface area contributed by atoms with Crippen LogP contribution in [-0.4, -0.2) is 35.0 Å². The van der Waals surface area contributed by atoms with Gasteiger partial charge in [0.1, 0.15) is 16.2 Å². The van der Waals surface area contributed by atoms with Crippen molar-refractivity contribution in [3.05, 3.63) is 51.8 Å². The van der Waals surface area contributed by atoms with Gasteiger partial charge in [-0.2, -0.15) is 0 Å². The van der Waals surface area contributed by atoms with Gasteiger partial charge < -0.3 is 14.1 Å². The Morgan fingerprint density at radius 1 is 1.18 bits per heavy atom. The molecule has 0 saturated carbocycles. The first-order valence-electron chi connectivity index (χ1n) is 8.41. The van der Waals surface area contributed by atoms with Crippen LogP contribution < -0.4 is 14.4 Å². The van der Waals surface area contributed by atoms with Gasteiger partial charge in [0.25, 0.3) is 10.0 Å². The molecule has 148 valence electrons. The molecule has 0 atom stereocenters. The number of nitrogens with zero attached hydrogens (tertiary/aromatic N) is 1. The van der Waals surface area contributed by atoms with Gasteiger partial charge in [-0.3, -0.25) is 4.79 Å². The van der Waals surface area contributed by atoms with E-state index in [2.05, 4.69) is 4.72 Å². The maximum atomic E-state index is 12.8. The maximum Gasteiger partial charge on any atom is 0.300 e. The molecule has 0 radical (unpaired) electrons. The number of ether oxygens (including phenoxy) is 1. The average Bonchev–Trinajstić information content (AvgIpc) is 3.06. The summed E-state index contributed by atoms with van der Waals surface area (Å²) in [5.74, 6) is -0.745.